The predicted molar refractivity (Wildman–Crippen MR) is 117 cm³/mol. The summed E-state index contributed by atoms with van der Waals surface area (Å²) in [5.74, 6) is 0.669. The van der Waals surface area contributed by atoms with Crippen LogP contribution in [0.1, 0.15) is 23.2 Å². The maximum absolute atomic E-state index is 13.3. The number of ether oxygens (including phenoxy) is 2. The smallest absolute Gasteiger partial charge is 0.223 e. The van der Waals surface area contributed by atoms with Gasteiger partial charge in [-0.15, -0.1) is 5.10 Å². The Kier molecular flexibility index (Phi) is 6.94. The van der Waals surface area contributed by atoms with E-state index in [1.165, 1.54) is 5.56 Å². The molecule has 0 unspecified atom stereocenters. The molecular weight excluding hydrogens is 392 g/mol. The predicted octanol–water partition coefficient (Wildman–Crippen LogP) is 2.79. The van der Waals surface area contributed by atoms with Gasteiger partial charge in [0.1, 0.15) is 11.4 Å². The van der Waals surface area contributed by atoms with Crippen molar-refractivity contribution in [2.75, 3.05) is 13.7 Å². The largest absolute Gasteiger partial charge is 0.497 e. The minimum Gasteiger partial charge on any atom is -0.497 e. The van der Waals surface area contributed by atoms with Gasteiger partial charge in [-0.3, -0.25) is 9.48 Å². The number of rotatable bonds is 5. The van der Waals surface area contributed by atoms with Gasteiger partial charge < -0.3 is 14.8 Å². The highest BCUT2D eigenvalue weighted by Crippen LogP contribution is 2.19. The molecule has 2 aromatic carbocycles. The number of carbonyl (C=O) groups excluding carboxylic acids is 1. The third-order valence-electron chi connectivity index (χ3n) is 5.54. The zero-order chi connectivity index (χ0) is 21.5. The van der Waals surface area contributed by atoms with E-state index in [1.807, 2.05) is 48.7 Å². The van der Waals surface area contributed by atoms with E-state index in [4.69, 9.17) is 9.47 Å². The van der Waals surface area contributed by atoms with Crippen molar-refractivity contribution in [1.82, 2.24) is 20.3 Å². The van der Waals surface area contributed by atoms with Crippen LogP contribution in [0.3, 0.4) is 0 Å². The number of aryl methyl sites for hydroxylation is 1. The molecular formula is C24H28N4O3. The number of fused-ring (bicyclic) bond motifs is 2. The van der Waals surface area contributed by atoms with Gasteiger partial charge in [-0.2, -0.15) is 0 Å². The molecule has 1 aromatic heterocycles. The van der Waals surface area contributed by atoms with E-state index < -0.39 is 0 Å². The second-order valence-electron chi connectivity index (χ2n) is 7.92. The molecule has 162 valence electrons. The molecule has 4 rings (SSSR count). The van der Waals surface area contributed by atoms with Gasteiger partial charge >= 0.3 is 0 Å². The molecule has 0 saturated carbocycles. The van der Waals surface area contributed by atoms with Crippen LogP contribution in [0, 0.1) is 5.92 Å². The molecule has 1 N–H and O–H groups in total. The first-order valence-electron chi connectivity index (χ1n) is 10.6. The first kappa shape index (κ1) is 21.1. The number of nitrogens with zero attached hydrogens (tertiary/aromatic N) is 3. The normalized spacial score (nSPS) is 19.7. The first-order valence-corrected chi connectivity index (χ1v) is 10.6. The van der Waals surface area contributed by atoms with Crippen molar-refractivity contribution in [3.8, 4) is 5.75 Å². The van der Waals surface area contributed by atoms with Gasteiger partial charge in [0.15, 0.2) is 0 Å². The highest BCUT2D eigenvalue weighted by Gasteiger charge is 2.23. The van der Waals surface area contributed by atoms with Crippen molar-refractivity contribution in [1.29, 1.82) is 0 Å². The number of amides is 1. The monoisotopic (exact) mass is 420 g/mol. The van der Waals surface area contributed by atoms with Crippen molar-refractivity contribution >= 4 is 5.91 Å². The minimum atomic E-state index is -0.182. The van der Waals surface area contributed by atoms with E-state index in [0.717, 1.165) is 17.0 Å². The van der Waals surface area contributed by atoms with Crippen LogP contribution in [0.5, 0.6) is 5.75 Å². The number of benzene rings is 2. The van der Waals surface area contributed by atoms with Crippen molar-refractivity contribution in [3.63, 3.8) is 0 Å². The molecule has 3 aromatic rings. The molecule has 0 aliphatic carbocycles. The Balaban J connectivity index is 1.52. The summed E-state index contributed by atoms with van der Waals surface area (Å²) < 4.78 is 12.9. The van der Waals surface area contributed by atoms with Crippen LogP contribution in [0.25, 0.3) is 0 Å². The fourth-order valence-electron chi connectivity index (χ4n) is 3.85. The number of aromatic nitrogens is 3. The fourth-order valence-corrected chi connectivity index (χ4v) is 3.85. The van der Waals surface area contributed by atoms with Crippen LogP contribution in [0.15, 0.2) is 60.8 Å². The van der Waals surface area contributed by atoms with E-state index >= 15 is 0 Å². The second kappa shape index (κ2) is 10.2. The summed E-state index contributed by atoms with van der Waals surface area (Å²) >= 11 is 0. The number of hydrogen-bond donors (Lipinski definition) is 1. The molecule has 7 heteroatoms. The van der Waals surface area contributed by atoms with Gasteiger partial charge in [0.05, 0.1) is 32.6 Å². The lowest BCUT2D eigenvalue weighted by molar-refractivity contribution is -0.126. The molecule has 2 atom stereocenters. The molecule has 31 heavy (non-hydrogen) atoms. The number of nitrogens with one attached hydrogen (secondary N) is 1. The number of methoxy groups -OCH3 is 1. The van der Waals surface area contributed by atoms with Crippen molar-refractivity contribution < 1.29 is 14.3 Å². The Hall–Kier alpha value is -3.19. The summed E-state index contributed by atoms with van der Waals surface area (Å²) in [6.07, 6.45) is 3.94. The fraction of sp³-hybridized carbons (Fsp3) is 0.375. The topological polar surface area (TPSA) is 78.3 Å². The first-order chi connectivity index (χ1) is 15.2. The molecule has 7 nitrogen and oxygen atoms in total. The zero-order valence-corrected chi connectivity index (χ0v) is 17.7. The van der Waals surface area contributed by atoms with E-state index in [0.29, 0.717) is 39.0 Å². The molecule has 2 bridgehead atoms. The maximum atomic E-state index is 13.3. The van der Waals surface area contributed by atoms with Gasteiger partial charge in [-0.25, -0.2) is 0 Å². The van der Waals surface area contributed by atoms with Crippen LogP contribution in [0.2, 0.25) is 0 Å². The van der Waals surface area contributed by atoms with Crippen LogP contribution in [-0.2, 0) is 35.5 Å². The van der Waals surface area contributed by atoms with Gasteiger partial charge in [0, 0.05) is 12.5 Å². The molecule has 1 amide bonds. The van der Waals surface area contributed by atoms with Crippen LogP contribution >= 0.6 is 0 Å². The third kappa shape index (κ3) is 5.92. The number of carbonyl (C=O) groups is 1. The average Bonchev–Trinajstić information content (AvgIpc) is 3.25. The number of hydrogen-bond acceptors (Lipinski definition) is 5. The minimum absolute atomic E-state index is 0.0428. The summed E-state index contributed by atoms with van der Waals surface area (Å²) in [4.78, 5) is 13.3. The quantitative estimate of drug-likeness (QED) is 0.687. The Morgan fingerprint density at radius 3 is 2.65 bits per heavy atom. The summed E-state index contributed by atoms with van der Waals surface area (Å²) in [7, 11) is 1.65. The third-order valence-corrected chi connectivity index (χ3v) is 5.54. The summed E-state index contributed by atoms with van der Waals surface area (Å²) in [5, 5.41) is 11.6. The molecule has 0 fully saturated rings. The van der Waals surface area contributed by atoms with E-state index in [9.17, 15) is 4.79 Å². The van der Waals surface area contributed by atoms with Crippen LogP contribution < -0.4 is 10.1 Å². The van der Waals surface area contributed by atoms with E-state index in [1.54, 1.807) is 11.8 Å². The lowest BCUT2D eigenvalue weighted by atomic mass is 9.94. The van der Waals surface area contributed by atoms with Crippen molar-refractivity contribution in [2.24, 2.45) is 5.92 Å². The molecule has 1 aliphatic heterocycles. The second-order valence-corrected chi connectivity index (χ2v) is 7.92. The summed E-state index contributed by atoms with van der Waals surface area (Å²) in [5.41, 5.74) is 3.07. The zero-order valence-electron chi connectivity index (χ0n) is 17.7. The summed E-state index contributed by atoms with van der Waals surface area (Å²) in [6, 6.07) is 17.9. The van der Waals surface area contributed by atoms with Crippen molar-refractivity contribution in [3.05, 3.63) is 77.6 Å². The van der Waals surface area contributed by atoms with Gasteiger partial charge in [0.25, 0.3) is 0 Å². The lowest BCUT2D eigenvalue weighted by Crippen LogP contribution is -2.43. The Labute approximate surface area is 182 Å². The highest BCUT2D eigenvalue weighted by atomic mass is 16.5. The summed E-state index contributed by atoms with van der Waals surface area (Å²) in [6.45, 7) is 1.43. The molecule has 0 saturated heterocycles. The maximum Gasteiger partial charge on any atom is 0.223 e. The Morgan fingerprint density at radius 2 is 1.87 bits per heavy atom. The SMILES string of the molecule is COc1ccc(C[C@H]2CCn3cc(nn3)COC[C@H](Cc3ccccc3)NC2=O)cc1. The van der Waals surface area contributed by atoms with Crippen LogP contribution in [0.4, 0.5) is 0 Å². The highest BCUT2D eigenvalue weighted by molar-refractivity contribution is 5.79. The Bertz CT molecular complexity index is 972. The average molecular weight is 421 g/mol. The van der Waals surface area contributed by atoms with Crippen molar-refractivity contribution in [2.45, 2.75) is 38.5 Å². The van der Waals surface area contributed by atoms with E-state index in [2.05, 4.69) is 27.8 Å². The van der Waals surface area contributed by atoms with Gasteiger partial charge in [-0.05, 0) is 42.5 Å². The molecule has 0 radical (unpaired) electrons. The standard InChI is InChI=1S/C24H28N4O3/c1-30-23-9-7-19(8-10-23)13-20-11-12-28-15-22(26-27-28)17-31-16-21(25-24(20)29)14-18-5-3-2-4-6-18/h2-10,15,20-21H,11-14,16-17H2,1H3,(H,25,29)/t20-,21+/m1/s1. The molecule has 0 spiro atoms. The lowest BCUT2D eigenvalue weighted by Gasteiger charge is -2.23. The molecule has 1 aliphatic rings. The molecule has 2 heterocycles. The van der Waals surface area contributed by atoms with Gasteiger partial charge in [-0.1, -0.05) is 47.7 Å². The Morgan fingerprint density at radius 1 is 1.10 bits per heavy atom. The van der Waals surface area contributed by atoms with Gasteiger partial charge in [0.2, 0.25) is 5.91 Å². The van der Waals surface area contributed by atoms with Crippen LogP contribution in [-0.4, -0.2) is 40.7 Å². The van der Waals surface area contributed by atoms with E-state index in [-0.39, 0.29) is 17.9 Å².